The molecule has 0 spiro atoms. The van der Waals surface area contributed by atoms with E-state index in [9.17, 15) is 0 Å². The first kappa shape index (κ1) is 11.8. The molecule has 90 valence electrons. The summed E-state index contributed by atoms with van der Waals surface area (Å²) in [5, 5.41) is 1.74. The molecule has 2 aromatic heterocycles. The lowest BCUT2D eigenvalue weighted by Gasteiger charge is -2.06. The van der Waals surface area contributed by atoms with Gasteiger partial charge in [-0.25, -0.2) is 15.0 Å². The van der Waals surface area contributed by atoms with Crippen molar-refractivity contribution < 1.29 is 4.74 Å². The maximum absolute atomic E-state index is 5.78. The van der Waals surface area contributed by atoms with E-state index in [4.69, 9.17) is 10.5 Å². The Morgan fingerprint density at radius 3 is 2.76 bits per heavy atom. The number of anilines is 1. The predicted molar refractivity (Wildman–Crippen MR) is 67.5 cm³/mol. The number of thiazole rings is 1. The third-order valence-corrected chi connectivity index (χ3v) is 3.10. The van der Waals surface area contributed by atoms with Gasteiger partial charge in [0.2, 0.25) is 5.06 Å². The molecule has 0 aliphatic carbocycles. The van der Waals surface area contributed by atoms with Crippen molar-refractivity contribution >= 4 is 17.2 Å². The molecule has 5 nitrogen and oxygen atoms in total. The number of ether oxygens (including phenoxy) is 1. The van der Waals surface area contributed by atoms with Gasteiger partial charge < -0.3 is 10.5 Å². The summed E-state index contributed by atoms with van der Waals surface area (Å²) in [6, 6.07) is 0. The van der Waals surface area contributed by atoms with Gasteiger partial charge in [-0.05, 0) is 20.3 Å². The number of hydrogen-bond donors (Lipinski definition) is 1. The van der Waals surface area contributed by atoms with Crippen molar-refractivity contribution in [3.05, 3.63) is 22.7 Å². The molecule has 0 aliphatic heterocycles. The van der Waals surface area contributed by atoms with Crippen LogP contribution in [0.3, 0.4) is 0 Å². The van der Waals surface area contributed by atoms with Crippen LogP contribution >= 0.6 is 11.3 Å². The topological polar surface area (TPSA) is 73.9 Å². The largest absolute Gasteiger partial charge is 0.439 e. The van der Waals surface area contributed by atoms with Crippen molar-refractivity contribution in [1.82, 2.24) is 15.0 Å². The van der Waals surface area contributed by atoms with Crippen LogP contribution in [0.1, 0.15) is 23.4 Å². The zero-order valence-corrected chi connectivity index (χ0v) is 10.8. The van der Waals surface area contributed by atoms with Crippen LogP contribution in [0.25, 0.3) is 0 Å². The number of nitrogen functional groups attached to an aromatic ring is 1. The predicted octanol–water partition coefficient (Wildman–Crippen LogP) is 2.49. The zero-order valence-electron chi connectivity index (χ0n) is 10.0. The van der Waals surface area contributed by atoms with Crippen LogP contribution in [-0.2, 0) is 6.42 Å². The van der Waals surface area contributed by atoms with E-state index < -0.39 is 0 Å². The van der Waals surface area contributed by atoms with Gasteiger partial charge in [0.15, 0.2) is 11.6 Å². The highest BCUT2D eigenvalue weighted by Gasteiger charge is 2.12. The fourth-order valence-electron chi connectivity index (χ4n) is 1.41. The van der Waals surface area contributed by atoms with E-state index in [-0.39, 0.29) is 0 Å². The molecule has 0 saturated carbocycles. The molecule has 0 atom stereocenters. The van der Waals surface area contributed by atoms with Gasteiger partial charge in [0, 0.05) is 0 Å². The first-order chi connectivity index (χ1) is 8.10. The van der Waals surface area contributed by atoms with E-state index in [1.54, 1.807) is 13.1 Å². The highest BCUT2D eigenvalue weighted by Crippen LogP contribution is 2.33. The van der Waals surface area contributed by atoms with E-state index in [1.807, 2.05) is 13.8 Å². The van der Waals surface area contributed by atoms with Gasteiger partial charge in [-0.2, -0.15) is 0 Å². The van der Waals surface area contributed by atoms with Gasteiger partial charge >= 0.3 is 0 Å². The van der Waals surface area contributed by atoms with Crippen LogP contribution < -0.4 is 10.5 Å². The van der Waals surface area contributed by atoms with Gasteiger partial charge in [0.1, 0.15) is 5.82 Å². The molecule has 0 amide bonds. The average molecular weight is 250 g/mol. The molecule has 2 rings (SSSR count). The van der Waals surface area contributed by atoms with Crippen molar-refractivity contribution in [3.63, 3.8) is 0 Å². The zero-order chi connectivity index (χ0) is 12.4. The van der Waals surface area contributed by atoms with Gasteiger partial charge in [-0.1, -0.05) is 18.3 Å². The molecule has 2 N–H and O–H groups in total. The van der Waals surface area contributed by atoms with Crippen LogP contribution in [0.4, 0.5) is 5.82 Å². The second-order valence-corrected chi connectivity index (χ2v) is 4.76. The van der Waals surface area contributed by atoms with Crippen LogP contribution in [0.5, 0.6) is 10.8 Å². The number of rotatable bonds is 3. The Kier molecular flexibility index (Phi) is 3.23. The smallest absolute Gasteiger partial charge is 0.204 e. The van der Waals surface area contributed by atoms with E-state index in [1.165, 1.54) is 11.3 Å². The summed E-state index contributed by atoms with van der Waals surface area (Å²) in [6.07, 6.45) is 2.42. The van der Waals surface area contributed by atoms with E-state index in [0.29, 0.717) is 17.4 Å². The molecule has 0 fully saturated rings. The molecular formula is C11H14N4OS. The number of nitrogens with two attached hydrogens (primary N) is 1. The van der Waals surface area contributed by atoms with E-state index in [2.05, 4.69) is 15.0 Å². The molecule has 0 saturated heterocycles. The van der Waals surface area contributed by atoms with Crippen LogP contribution in [0.15, 0.2) is 6.20 Å². The van der Waals surface area contributed by atoms with E-state index in [0.717, 1.165) is 22.2 Å². The lowest BCUT2D eigenvalue weighted by molar-refractivity contribution is 0.486. The van der Waals surface area contributed by atoms with Gasteiger partial charge in [0.05, 0.1) is 16.9 Å². The lowest BCUT2D eigenvalue weighted by Crippen LogP contribution is -1.99. The minimum absolute atomic E-state index is 0.352. The monoisotopic (exact) mass is 250 g/mol. The normalized spacial score (nSPS) is 10.5. The van der Waals surface area contributed by atoms with Crippen LogP contribution in [-0.4, -0.2) is 15.0 Å². The Balaban J connectivity index is 2.30. The maximum atomic E-state index is 5.78. The average Bonchev–Trinajstić information content (AvgIpc) is 2.63. The molecule has 0 radical (unpaired) electrons. The Labute approximate surface area is 104 Å². The number of aryl methyl sites for hydroxylation is 3. The molecule has 2 heterocycles. The van der Waals surface area contributed by atoms with Crippen molar-refractivity contribution in [3.8, 4) is 10.8 Å². The molecule has 6 heteroatoms. The van der Waals surface area contributed by atoms with Gasteiger partial charge in [-0.15, -0.1) is 0 Å². The molecule has 0 bridgehead atoms. The first-order valence-electron chi connectivity index (χ1n) is 5.33. The first-order valence-corrected chi connectivity index (χ1v) is 6.15. The van der Waals surface area contributed by atoms with Crippen LogP contribution in [0.2, 0.25) is 0 Å². The third kappa shape index (κ3) is 2.52. The van der Waals surface area contributed by atoms with Gasteiger partial charge in [-0.3, -0.25) is 0 Å². The fourth-order valence-corrected chi connectivity index (χ4v) is 2.27. The third-order valence-electron chi connectivity index (χ3n) is 2.21. The van der Waals surface area contributed by atoms with Crippen molar-refractivity contribution in [2.45, 2.75) is 27.2 Å². The highest BCUT2D eigenvalue weighted by atomic mass is 32.1. The summed E-state index contributed by atoms with van der Waals surface area (Å²) >= 11 is 1.50. The Morgan fingerprint density at radius 1 is 1.35 bits per heavy atom. The molecule has 0 aromatic carbocycles. The quantitative estimate of drug-likeness (QED) is 0.905. The number of nitrogens with zero attached hydrogens (tertiary/aromatic N) is 3. The molecule has 0 aliphatic rings. The lowest BCUT2D eigenvalue weighted by atomic mass is 10.4. The SMILES string of the molecule is CCc1nc(C)sc1Oc1cnc(C)nc1N. The Bertz CT molecular complexity index is 538. The highest BCUT2D eigenvalue weighted by molar-refractivity contribution is 7.13. The van der Waals surface area contributed by atoms with Crippen molar-refractivity contribution in [2.24, 2.45) is 0 Å². The number of aromatic nitrogens is 3. The molecule has 2 aromatic rings. The summed E-state index contributed by atoms with van der Waals surface area (Å²) in [4.78, 5) is 12.5. The maximum Gasteiger partial charge on any atom is 0.204 e. The number of hydrogen-bond acceptors (Lipinski definition) is 6. The minimum atomic E-state index is 0.352. The van der Waals surface area contributed by atoms with Crippen molar-refractivity contribution in [1.29, 1.82) is 0 Å². The second kappa shape index (κ2) is 4.67. The van der Waals surface area contributed by atoms with Crippen molar-refractivity contribution in [2.75, 3.05) is 5.73 Å². The minimum Gasteiger partial charge on any atom is -0.439 e. The summed E-state index contributed by atoms with van der Waals surface area (Å²) in [6.45, 7) is 5.77. The Hall–Kier alpha value is -1.69. The molecular weight excluding hydrogens is 236 g/mol. The second-order valence-electron chi connectivity index (χ2n) is 3.59. The molecule has 0 unspecified atom stereocenters. The summed E-state index contributed by atoms with van der Waals surface area (Å²) in [5.41, 5.74) is 6.71. The summed E-state index contributed by atoms with van der Waals surface area (Å²) < 4.78 is 5.71. The van der Waals surface area contributed by atoms with E-state index >= 15 is 0 Å². The molecule has 17 heavy (non-hydrogen) atoms. The summed E-state index contributed by atoms with van der Waals surface area (Å²) in [7, 11) is 0. The summed E-state index contributed by atoms with van der Waals surface area (Å²) in [5.74, 6) is 1.46. The van der Waals surface area contributed by atoms with Crippen LogP contribution in [0, 0.1) is 13.8 Å². The fraction of sp³-hybridized carbons (Fsp3) is 0.364. The Morgan fingerprint density at radius 2 is 2.12 bits per heavy atom. The van der Waals surface area contributed by atoms with Gasteiger partial charge in [0.25, 0.3) is 0 Å². The standard InChI is InChI=1S/C11H14N4OS/c1-4-8-11(17-7(3)15-8)16-9-5-13-6(2)14-10(9)12/h5H,4H2,1-3H3,(H2,12,13,14).